The lowest BCUT2D eigenvalue weighted by Gasteiger charge is -2.19. The van der Waals surface area contributed by atoms with Crippen LogP contribution in [0, 0.1) is 0 Å². The van der Waals surface area contributed by atoms with E-state index in [1.807, 2.05) is 49.4 Å². The molecule has 0 heterocycles. The third-order valence-corrected chi connectivity index (χ3v) is 3.18. The fourth-order valence-corrected chi connectivity index (χ4v) is 1.96. The van der Waals surface area contributed by atoms with Crippen LogP contribution in [0.1, 0.15) is 26.7 Å². The Morgan fingerprint density at radius 2 is 1.58 bits per heavy atom. The Kier molecular flexibility index (Phi) is 6.43. The predicted octanol–water partition coefficient (Wildman–Crippen LogP) is 5.10. The van der Waals surface area contributed by atoms with Crippen LogP contribution in [-0.2, 0) is 9.53 Å². The van der Waals surface area contributed by atoms with Crippen LogP contribution >= 0.6 is 0 Å². The van der Waals surface area contributed by atoms with E-state index in [9.17, 15) is 4.79 Å². The van der Waals surface area contributed by atoms with Crippen molar-refractivity contribution in [3.05, 3.63) is 66.7 Å². The minimum Gasteiger partial charge on any atom is -0.457 e. The standard InChI is InChI=1S/C20H22O4/c1-4-8-19(24-20(21)15(2)3)23-18-13-11-17(12-14-18)22-16-9-6-5-7-10-16/h5-7,9-14,19H,2,4,8H2,1,3H3. The van der Waals surface area contributed by atoms with Gasteiger partial charge in [-0.25, -0.2) is 4.79 Å². The molecule has 0 bridgehead atoms. The second-order valence-electron chi connectivity index (χ2n) is 5.41. The molecule has 0 aromatic heterocycles. The number of benzene rings is 2. The average Bonchev–Trinajstić information content (AvgIpc) is 2.57. The molecule has 0 radical (unpaired) electrons. The summed E-state index contributed by atoms with van der Waals surface area (Å²) in [5.41, 5.74) is 0.353. The number of rotatable bonds is 8. The van der Waals surface area contributed by atoms with Gasteiger partial charge in [0.2, 0.25) is 6.29 Å². The van der Waals surface area contributed by atoms with E-state index < -0.39 is 12.3 Å². The van der Waals surface area contributed by atoms with Crippen molar-refractivity contribution >= 4 is 5.97 Å². The highest BCUT2D eigenvalue weighted by Gasteiger charge is 2.15. The van der Waals surface area contributed by atoms with Crippen molar-refractivity contribution in [2.45, 2.75) is 33.0 Å². The summed E-state index contributed by atoms with van der Waals surface area (Å²) in [4.78, 5) is 11.7. The molecular weight excluding hydrogens is 304 g/mol. The van der Waals surface area contributed by atoms with Gasteiger partial charge in [0, 0.05) is 12.0 Å². The van der Waals surface area contributed by atoms with Crippen LogP contribution < -0.4 is 9.47 Å². The Hall–Kier alpha value is -2.75. The van der Waals surface area contributed by atoms with E-state index in [4.69, 9.17) is 14.2 Å². The van der Waals surface area contributed by atoms with E-state index in [2.05, 4.69) is 6.58 Å². The molecule has 2 aromatic rings. The molecule has 4 nitrogen and oxygen atoms in total. The molecule has 0 aliphatic heterocycles. The highest BCUT2D eigenvalue weighted by atomic mass is 16.7. The summed E-state index contributed by atoms with van der Waals surface area (Å²) in [6.45, 7) is 7.19. The van der Waals surface area contributed by atoms with Crippen molar-refractivity contribution in [3.8, 4) is 17.2 Å². The first-order valence-corrected chi connectivity index (χ1v) is 7.94. The van der Waals surface area contributed by atoms with Gasteiger partial charge in [-0.2, -0.15) is 0 Å². The van der Waals surface area contributed by atoms with Gasteiger partial charge in [0.1, 0.15) is 17.2 Å². The summed E-state index contributed by atoms with van der Waals surface area (Å²) in [5.74, 6) is 1.64. The number of hydrogen-bond acceptors (Lipinski definition) is 4. The molecule has 0 spiro atoms. The number of ether oxygens (including phenoxy) is 3. The summed E-state index contributed by atoms with van der Waals surface area (Å²) in [7, 11) is 0. The Labute approximate surface area is 142 Å². The Bertz CT molecular complexity index is 662. The molecule has 0 saturated heterocycles. The molecule has 24 heavy (non-hydrogen) atoms. The highest BCUT2D eigenvalue weighted by Crippen LogP contribution is 2.24. The zero-order chi connectivity index (χ0) is 17.4. The molecule has 0 aliphatic rings. The molecule has 0 aliphatic carbocycles. The fourth-order valence-electron chi connectivity index (χ4n) is 1.96. The van der Waals surface area contributed by atoms with Crippen molar-refractivity contribution in [1.29, 1.82) is 0 Å². The topological polar surface area (TPSA) is 44.8 Å². The van der Waals surface area contributed by atoms with Crippen molar-refractivity contribution in [3.63, 3.8) is 0 Å². The maximum atomic E-state index is 11.7. The lowest BCUT2D eigenvalue weighted by molar-refractivity contribution is -0.159. The van der Waals surface area contributed by atoms with Crippen molar-refractivity contribution in [2.24, 2.45) is 0 Å². The molecule has 2 rings (SSSR count). The van der Waals surface area contributed by atoms with Crippen molar-refractivity contribution in [1.82, 2.24) is 0 Å². The first-order chi connectivity index (χ1) is 11.6. The largest absolute Gasteiger partial charge is 0.457 e. The monoisotopic (exact) mass is 326 g/mol. The van der Waals surface area contributed by atoms with E-state index in [1.54, 1.807) is 19.1 Å². The number of carbonyl (C=O) groups excluding carboxylic acids is 1. The lowest BCUT2D eigenvalue weighted by atomic mass is 10.3. The summed E-state index contributed by atoms with van der Waals surface area (Å²) >= 11 is 0. The van der Waals surface area contributed by atoms with Gasteiger partial charge in [0.05, 0.1) is 0 Å². The molecule has 4 heteroatoms. The molecule has 0 N–H and O–H groups in total. The smallest absolute Gasteiger partial charge is 0.336 e. The SMILES string of the molecule is C=C(C)C(=O)OC(CCC)Oc1ccc(Oc2ccccc2)cc1. The minimum absolute atomic E-state index is 0.353. The molecule has 126 valence electrons. The summed E-state index contributed by atoms with van der Waals surface area (Å²) in [5, 5.41) is 0. The summed E-state index contributed by atoms with van der Waals surface area (Å²) < 4.78 is 16.8. The van der Waals surface area contributed by atoms with Gasteiger partial charge in [-0.3, -0.25) is 0 Å². The van der Waals surface area contributed by atoms with Crippen molar-refractivity contribution < 1.29 is 19.0 Å². The normalized spacial score (nSPS) is 11.4. The minimum atomic E-state index is -0.625. The van der Waals surface area contributed by atoms with Crippen molar-refractivity contribution in [2.75, 3.05) is 0 Å². The molecule has 0 fully saturated rings. The van der Waals surface area contributed by atoms with Crippen LogP contribution in [-0.4, -0.2) is 12.3 Å². The third kappa shape index (κ3) is 5.47. The molecule has 2 aromatic carbocycles. The van der Waals surface area contributed by atoms with Crippen LogP contribution in [0.15, 0.2) is 66.7 Å². The van der Waals surface area contributed by atoms with Gasteiger partial charge in [0.25, 0.3) is 0 Å². The predicted molar refractivity (Wildman–Crippen MR) is 93.2 cm³/mol. The van der Waals surface area contributed by atoms with E-state index >= 15 is 0 Å². The van der Waals surface area contributed by atoms with Crippen LogP contribution in [0.4, 0.5) is 0 Å². The number of para-hydroxylation sites is 1. The van der Waals surface area contributed by atoms with Crippen LogP contribution in [0.2, 0.25) is 0 Å². The summed E-state index contributed by atoms with van der Waals surface area (Å²) in [6.07, 6.45) is 0.824. The molecule has 1 unspecified atom stereocenters. The Morgan fingerprint density at radius 3 is 2.17 bits per heavy atom. The van der Waals surface area contributed by atoms with Crippen LogP contribution in [0.3, 0.4) is 0 Å². The van der Waals surface area contributed by atoms with Gasteiger partial charge in [-0.1, -0.05) is 31.7 Å². The van der Waals surface area contributed by atoms with Gasteiger partial charge in [0.15, 0.2) is 0 Å². The fraction of sp³-hybridized carbons (Fsp3) is 0.250. The third-order valence-electron chi connectivity index (χ3n) is 3.18. The average molecular weight is 326 g/mol. The zero-order valence-electron chi connectivity index (χ0n) is 14.0. The van der Waals surface area contributed by atoms with E-state index in [1.165, 1.54) is 0 Å². The van der Waals surface area contributed by atoms with Gasteiger partial charge >= 0.3 is 5.97 Å². The molecule has 0 saturated carbocycles. The summed E-state index contributed by atoms with van der Waals surface area (Å²) in [6, 6.07) is 16.7. The first kappa shape index (κ1) is 17.6. The second-order valence-corrected chi connectivity index (χ2v) is 5.41. The Morgan fingerprint density at radius 1 is 1.00 bits per heavy atom. The van der Waals surface area contributed by atoms with Gasteiger partial charge in [-0.05, 0) is 49.7 Å². The second kappa shape index (κ2) is 8.77. The number of carbonyl (C=O) groups is 1. The lowest BCUT2D eigenvalue weighted by Crippen LogP contribution is -2.24. The molecule has 1 atom stereocenters. The van der Waals surface area contributed by atoms with Gasteiger partial charge < -0.3 is 14.2 Å². The molecular formula is C20H22O4. The van der Waals surface area contributed by atoms with Crippen LogP contribution in [0.25, 0.3) is 0 Å². The number of hydrogen-bond donors (Lipinski definition) is 0. The van der Waals surface area contributed by atoms with E-state index in [-0.39, 0.29) is 0 Å². The zero-order valence-corrected chi connectivity index (χ0v) is 14.0. The quantitative estimate of drug-likeness (QED) is 0.384. The maximum absolute atomic E-state index is 11.7. The van der Waals surface area contributed by atoms with Crippen LogP contribution in [0.5, 0.6) is 17.2 Å². The first-order valence-electron chi connectivity index (χ1n) is 7.94. The van der Waals surface area contributed by atoms with Gasteiger partial charge in [-0.15, -0.1) is 0 Å². The number of esters is 1. The van der Waals surface area contributed by atoms with E-state index in [0.717, 1.165) is 12.2 Å². The Balaban J connectivity index is 1.98. The molecule has 0 amide bonds. The maximum Gasteiger partial charge on any atom is 0.336 e. The highest BCUT2D eigenvalue weighted by molar-refractivity contribution is 5.87. The van der Waals surface area contributed by atoms with E-state index in [0.29, 0.717) is 23.5 Å².